The SMILES string of the molecule is CC(=O)SCC(=O)c1ccc(NC(=O)c2ccc(OC(F)(F)F)cc2)cc1. The molecule has 0 bridgehead atoms. The van der Waals surface area contributed by atoms with Gasteiger partial charge in [-0.15, -0.1) is 13.2 Å². The second kappa shape index (κ2) is 8.72. The van der Waals surface area contributed by atoms with E-state index in [0.29, 0.717) is 11.3 Å². The Morgan fingerprint density at radius 1 is 0.963 bits per heavy atom. The highest BCUT2D eigenvalue weighted by Gasteiger charge is 2.31. The number of ether oxygens (including phenoxy) is 1. The monoisotopic (exact) mass is 397 g/mol. The molecule has 1 N–H and O–H groups in total. The normalized spacial score (nSPS) is 11.0. The highest BCUT2D eigenvalue weighted by molar-refractivity contribution is 8.14. The van der Waals surface area contributed by atoms with Gasteiger partial charge in [0.25, 0.3) is 5.91 Å². The van der Waals surface area contributed by atoms with Gasteiger partial charge in [-0.05, 0) is 48.5 Å². The van der Waals surface area contributed by atoms with Gasteiger partial charge in [0.05, 0.1) is 5.75 Å². The number of rotatable bonds is 6. The third-order valence-electron chi connectivity index (χ3n) is 3.22. The van der Waals surface area contributed by atoms with E-state index >= 15 is 0 Å². The van der Waals surface area contributed by atoms with Crippen LogP contribution in [0.4, 0.5) is 18.9 Å². The third-order valence-corrected chi connectivity index (χ3v) is 4.03. The first-order chi connectivity index (χ1) is 12.6. The minimum absolute atomic E-state index is 0.0351. The molecule has 5 nitrogen and oxygen atoms in total. The van der Waals surface area contributed by atoms with E-state index in [9.17, 15) is 27.6 Å². The molecule has 142 valence electrons. The molecule has 0 spiro atoms. The third kappa shape index (κ3) is 6.78. The fourth-order valence-electron chi connectivity index (χ4n) is 2.00. The Balaban J connectivity index is 1.97. The van der Waals surface area contributed by atoms with Gasteiger partial charge in [0, 0.05) is 23.7 Å². The van der Waals surface area contributed by atoms with Gasteiger partial charge in [0.1, 0.15) is 5.75 Å². The summed E-state index contributed by atoms with van der Waals surface area (Å²) in [5.41, 5.74) is 0.948. The van der Waals surface area contributed by atoms with E-state index in [1.54, 1.807) is 0 Å². The summed E-state index contributed by atoms with van der Waals surface area (Å²) in [6.45, 7) is 1.37. The van der Waals surface area contributed by atoms with E-state index in [1.165, 1.54) is 43.3 Å². The van der Waals surface area contributed by atoms with Gasteiger partial charge in [-0.3, -0.25) is 14.4 Å². The lowest BCUT2D eigenvalue weighted by Crippen LogP contribution is -2.17. The van der Waals surface area contributed by atoms with Crippen molar-refractivity contribution in [3.05, 3.63) is 59.7 Å². The Labute approximate surface area is 156 Å². The summed E-state index contributed by atoms with van der Waals surface area (Å²) in [4.78, 5) is 34.9. The van der Waals surface area contributed by atoms with Crippen molar-refractivity contribution in [3.8, 4) is 5.75 Å². The highest BCUT2D eigenvalue weighted by Crippen LogP contribution is 2.23. The molecule has 2 aromatic rings. The predicted octanol–water partition coefficient (Wildman–Crippen LogP) is 4.30. The molecule has 2 rings (SSSR count). The molecular formula is C18H14F3NO4S. The molecular weight excluding hydrogens is 383 g/mol. The Morgan fingerprint density at radius 3 is 2.04 bits per heavy atom. The van der Waals surface area contributed by atoms with Crippen LogP contribution in [0.5, 0.6) is 5.75 Å². The van der Waals surface area contributed by atoms with Crippen LogP contribution < -0.4 is 10.1 Å². The second-order valence-electron chi connectivity index (χ2n) is 5.31. The minimum atomic E-state index is -4.80. The van der Waals surface area contributed by atoms with Crippen molar-refractivity contribution in [3.63, 3.8) is 0 Å². The molecule has 0 atom stereocenters. The van der Waals surface area contributed by atoms with Gasteiger partial charge >= 0.3 is 6.36 Å². The lowest BCUT2D eigenvalue weighted by Gasteiger charge is -2.10. The average Bonchev–Trinajstić information content (AvgIpc) is 2.59. The zero-order chi connectivity index (χ0) is 20.0. The molecule has 0 saturated carbocycles. The largest absolute Gasteiger partial charge is 0.573 e. The fourth-order valence-corrected chi connectivity index (χ4v) is 2.50. The number of ketones is 1. The lowest BCUT2D eigenvalue weighted by atomic mass is 10.1. The van der Waals surface area contributed by atoms with E-state index in [-0.39, 0.29) is 22.2 Å². The zero-order valence-corrected chi connectivity index (χ0v) is 14.8. The number of amides is 1. The van der Waals surface area contributed by atoms with Gasteiger partial charge < -0.3 is 10.1 Å². The fraction of sp³-hybridized carbons (Fsp3) is 0.167. The van der Waals surface area contributed by atoms with Gasteiger partial charge in [-0.2, -0.15) is 0 Å². The van der Waals surface area contributed by atoms with Crippen LogP contribution in [0.25, 0.3) is 0 Å². The van der Waals surface area contributed by atoms with Crippen LogP contribution in [0, 0.1) is 0 Å². The number of carbonyl (C=O) groups excluding carboxylic acids is 3. The first kappa shape index (κ1) is 20.5. The first-order valence-corrected chi connectivity index (χ1v) is 8.56. The summed E-state index contributed by atoms with van der Waals surface area (Å²) in [5.74, 6) is -1.13. The molecule has 0 unspecified atom stereocenters. The Bertz CT molecular complexity index is 833. The number of carbonyl (C=O) groups is 3. The summed E-state index contributed by atoms with van der Waals surface area (Å²) < 4.78 is 40.1. The van der Waals surface area contributed by atoms with Crippen LogP contribution in [0.15, 0.2) is 48.5 Å². The Hall–Kier alpha value is -2.81. The van der Waals surface area contributed by atoms with Crippen LogP contribution in [-0.2, 0) is 4.79 Å². The molecule has 1 amide bonds. The van der Waals surface area contributed by atoms with E-state index in [2.05, 4.69) is 10.1 Å². The number of thioether (sulfide) groups is 1. The van der Waals surface area contributed by atoms with E-state index < -0.39 is 18.0 Å². The number of nitrogens with one attached hydrogen (secondary N) is 1. The van der Waals surface area contributed by atoms with E-state index in [1.807, 2.05) is 0 Å². The number of halogens is 3. The number of hydrogen-bond acceptors (Lipinski definition) is 5. The molecule has 27 heavy (non-hydrogen) atoms. The molecule has 9 heteroatoms. The van der Waals surface area contributed by atoms with Crippen molar-refractivity contribution in [1.29, 1.82) is 0 Å². The number of hydrogen-bond donors (Lipinski definition) is 1. The van der Waals surface area contributed by atoms with Crippen molar-refractivity contribution in [1.82, 2.24) is 0 Å². The minimum Gasteiger partial charge on any atom is -0.406 e. The topological polar surface area (TPSA) is 72.5 Å². The maximum absolute atomic E-state index is 12.1. The van der Waals surface area contributed by atoms with Crippen molar-refractivity contribution < 1.29 is 32.3 Å². The number of anilines is 1. The van der Waals surface area contributed by atoms with Gasteiger partial charge in [-0.25, -0.2) is 0 Å². The van der Waals surface area contributed by atoms with Gasteiger partial charge in [0.15, 0.2) is 10.9 Å². The highest BCUT2D eigenvalue weighted by atomic mass is 32.2. The van der Waals surface area contributed by atoms with Gasteiger partial charge in [-0.1, -0.05) is 11.8 Å². The quantitative estimate of drug-likeness (QED) is 0.736. The van der Waals surface area contributed by atoms with Crippen LogP contribution in [0.2, 0.25) is 0 Å². The van der Waals surface area contributed by atoms with Gasteiger partial charge in [0.2, 0.25) is 0 Å². The summed E-state index contributed by atoms with van der Waals surface area (Å²) in [5, 5.41) is 2.42. The molecule has 0 aromatic heterocycles. The summed E-state index contributed by atoms with van der Waals surface area (Å²) in [6, 6.07) is 10.5. The molecule has 0 saturated heterocycles. The second-order valence-corrected chi connectivity index (χ2v) is 6.46. The van der Waals surface area contributed by atoms with E-state index in [4.69, 9.17) is 0 Å². The summed E-state index contributed by atoms with van der Waals surface area (Å²) in [6.07, 6.45) is -4.80. The smallest absolute Gasteiger partial charge is 0.406 e. The zero-order valence-electron chi connectivity index (χ0n) is 14.0. The molecule has 0 radical (unpaired) electrons. The summed E-state index contributed by atoms with van der Waals surface area (Å²) in [7, 11) is 0. The first-order valence-electron chi connectivity index (χ1n) is 7.58. The molecule has 0 aliphatic carbocycles. The molecule has 2 aromatic carbocycles. The molecule has 0 fully saturated rings. The maximum Gasteiger partial charge on any atom is 0.573 e. The average molecular weight is 397 g/mol. The van der Waals surface area contributed by atoms with E-state index in [0.717, 1.165) is 23.9 Å². The van der Waals surface area contributed by atoms with Crippen molar-refractivity contribution in [2.24, 2.45) is 0 Å². The number of alkyl halides is 3. The molecule has 0 heterocycles. The van der Waals surface area contributed by atoms with Crippen molar-refractivity contribution >= 4 is 34.3 Å². The van der Waals surface area contributed by atoms with Crippen LogP contribution in [0.3, 0.4) is 0 Å². The standard InChI is InChI=1S/C18H14F3NO4S/c1-11(23)27-10-16(24)12-2-6-14(7-3-12)22-17(25)13-4-8-15(9-5-13)26-18(19,20)21/h2-9H,10H2,1H3,(H,22,25). The van der Waals surface area contributed by atoms with Crippen LogP contribution >= 0.6 is 11.8 Å². The van der Waals surface area contributed by atoms with Crippen LogP contribution in [0.1, 0.15) is 27.6 Å². The van der Waals surface area contributed by atoms with Crippen molar-refractivity contribution in [2.45, 2.75) is 13.3 Å². The number of Topliss-reactive ketones (excluding diaryl/α,β-unsaturated/α-hetero) is 1. The van der Waals surface area contributed by atoms with Crippen LogP contribution in [-0.4, -0.2) is 28.9 Å². The Morgan fingerprint density at radius 2 is 1.52 bits per heavy atom. The predicted molar refractivity (Wildman–Crippen MR) is 95.0 cm³/mol. The van der Waals surface area contributed by atoms with Crippen molar-refractivity contribution in [2.75, 3.05) is 11.1 Å². The summed E-state index contributed by atoms with van der Waals surface area (Å²) >= 11 is 0.912. The molecule has 0 aliphatic rings. The molecule has 0 aliphatic heterocycles. The number of benzene rings is 2. The Kier molecular flexibility index (Phi) is 6.62. The maximum atomic E-state index is 12.1. The lowest BCUT2D eigenvalue weighted by molar-refractivity contribution is -0.274.